The van der Waals surface area contributed by atoms with Gasteiger partial charge in [0, 0.05) is 24.9 Å². The van der Waals surface area contributed by atoms with E-state index in [2.05, 4.69) is 9.84 Å². The SMILES string of the molecule is COC(=O)c1cc(Oc2c(C)nn(C)c2C)c(F)cc1N. The lowest BCUT2D eigenvalue weighted by atomic mass is 10.1. The van der Waals surface area contributed by atoms with E-state index in [1.807, 2.05) is 0 Å². The summed E-state index contributed by atoms with van der Waals surface area (Å²) in [6.07, 6.45) is 0. The van der Waals surface area contributed by atoms with Gasteiger partial charge in [0.05, 0.1) is 18.4 Å². The molecule has 0 saturated carbocycles. The normalized spacial score (nSPS) is 10.5. The molecule has 0 aliphatic rings. The molecule has 21 heavy (non-hydrogen) atoms. The predicted molar refractivity (Wildman–Crippen MR) is 74.9 cm³/mol. The summed E-state index contributed by atoms with van der Waals surface area (Å²) in [5.41, 5.74) is 7.01. The summed E-state index contributed by atoms with van der Waals surface area (Å²) in [6.45, 7) is 3.55. The molecule has 0 radical (unpaired) electrons. The average molecular weight is 293 g/mol. The Morgan fingerprint density at radius 3 is 2.57 bits per heavy atom. The topological polar surface area (TPSA) is 79.4 Å². The number of nitrogens with two attached hydrogens (primary N) is 1. The van der Waals surface area contributed by atoms with E-state index in [4.69, 9.17) is 10.5 Å². The van der Waals surface area contributed by atoms with Crippen LogP contribution in [0.15, 0.2) is 12.1 Å². The van der Waals surface area contributed by atoms with E-state index < -0.39 is 11.8 Å². The van der Waals surface area contributed by atoms with Crippen LogP contribution in [0.3, 0.4) is 0 Å². The highest BCUT2D eigenvalue weighted by molar-refractivity contribution is 5.95. The molecule has 0 saturated heterocycles. The van der Waals surface area contributed by atoms with Crippen molar-refractivity contribution in [3.05, 3.63) is 34.9 Å². The number of ether oxygens (including phenoxy) is 2. The first kappa shape index (κ1) is 14.8. The van der Waals surface area contributed by atoms with Gasteiger partial charge in [0.15, 0.2) is 17.3 Å². The maximum atomic E-state index is 14.0. The van der Waals surface area contributed by atoms with E-state index in [-0.39, 0.29) is 17.0 Å². The lowest BCUT2D eigenvalue weighted by Crippen LogP contribution is -2.07. The van der Waals surface area contributed by atoms with Crippen molar-refractivity contribution in [1.29, 1.82) is 0 Å². The number of benzene rings is 1. The fourth-order valence-corrected chi connectivity index (χ4v) is 1.95. The molecule has 2 aromatic rings. The average Bonchev–Trinajstić information content (AvgIpc) is 2.67. The molecule has 0 spiro atoms. The zero-order valence-corrected chi connectivity index (χ0v) is 12.2. The number of anilines is 1. The smallest absolute Gasteiger partial charge is 0.340 e. The standard InChI is InChI=1S/C14H16FN3O3/c1-7-13(8(2)18(3)17-7)21-12-5-9(14(19)20-4)11(16)6-10(12)15/h5-6H,16H2,1-4H3. The quantitative estimate of drug-likeness (QED) is 0.694. The Hall–Kier alpha value is -2.57. The van der Waals surface area contributed by atoms with E-state index in [0.29, 0.717) is 11.4 Å². The number of aromatic nitrogens is 2. The number of halogens is 1. The highest BCUT2D eigenvalue weighted by Crippen LogP contribution is 2.32. The molecule has 0 atom stereocenters. The number of methoxy groups -OCH3 is 1. The molecule has 0 unspecified atom stereocenters. The molecule has 0 aliphatic heterocycles. The molecule has 1 aromatic heterocycles. The minimum atomic E-state index is -0.664. The van der Waals surface area contributed by atoms with Gasteiger partial charge in [-0.25, -0.2) is 9.18 Å². The second kappa shape index (κ2) is 5.43. The third kappa shape index (κ3) is 2.67. The minimum Gasteiger partial charge on any atom is -0.465 e. The molecule has 0 aliphatic carbocycles. The number of carbonyl (C=O) groups is 1. The molecule has 112 valence electrons. The molecule has 1 heterocycles. The lowest BCUT2D eigenvalue weighted by molar-refractivity contribution is 0.0601. The van der Waals surface area contributed by atoms with Gasteiger partial charge in [-0.2, -0.15) is 5.10 Å². The summed E-state index contributed by atoms with van der Waals surface area (Å²) < 4.78 is 25.8. The minimum absolute atomic E-state index is 0.00803. The number of esters is 1. The van der Waals surface area contributed by atoms with Crippen molar-refractivity contribution >= 4 is 11.7 Å². The summed E-state index contributed by atoms with van der Waals surface area (Å²) in [4.78, 5) is 11.6. The van der Waals surface area contributed by atoms with Crippen LogP contribution < -0.4 is 10.5 Å². The van der Waals surface area contributed by atoms with Gasteiger partial charge in [-0.05, 0) is 13.8 Å². The largest absolute Gasteiger partial charge is 0.465 e. The van der Waals surface area contributed by atoms with Crippen LogP contribution in [-0.4, -0.2) is 22.9 Å². The second-order valence-corrected chi connectivity index (χ2v) is 4.59. The molecule has 7 heteroatoms. The Morgan fingerprint density at radius 2 is 2.05 bits per heavy atom. The summed E-state index contributed by atoms with van der Waals surface area (Å²) in [5, 5.41) is 4.18. The summed E-state index contributed by atoms with van der Waals surface area (Å²) in [7, 11) is 2.98. The van der Waals surface area contributed by atoms with Crippen molar-refractivity contribution in [2.45, 2.75) is 13.8 Å². The fourth-order valence-electron chi connectivity index (χ4n) is 1.95. The van der Waals surface area contributed by atoms with Gasteiger partial charge >= 0.3 is 5.97 Å². The van der Waals surface area contributed by atoms with Crippen LogP contribution in [-0.2, 0) is 11.8 Å². The van der Waals surface area contributed by atoms with Crippen molar-refractivity contribution in [1.82, 2.24) is 9.78 Å². The van der Waals surface area contributed by atoms with E-state index in [0.717, 1.165) is 11.8 Å². The number of nitrogens with zero attached hydrogens (tertiary/aromatic N) is 2. The van der Waals surface area contributed by atoms with Crippen molar-refractivity contribution in [2.24, 2.45) is 7.05 Å². The molecular weight excluding hydrogens is 277 g/mol. The zero-order chi connectivity index (χ0) is 15.7. The molecule has 0 bridgehead atoms. The first-order chi connectivity index (χ1) is 9.85. The van der Waals surface area contributed by atoms with Crippen molar-refractivity contribution in [2.75, 3.05) is 12.8 Å². The molecule has 6 nitrogen and oxygen atoms in total. The Balaban J connectivity index is 2.47. The molecule has 2 rings (SSSR count). The monoisotopic (exact) mass is 293 g/mol. The van der Waals surface area contributed by atoms with Gasteiger partial charge in [-0.15, -0.1) is 0 Å². The van der Waals surface area contributed by atoms with Crippen molar-refractivity contribution in [3.8, 4) is 11.5 Å². The van der Waals surface area contributed by atoms with E-state index >= 15 is 0 Å². The maximum Gasteiger partial charge on any atom is 0.340 e. The molecule has 2 N–H and O–H groups in total. The van der Waals surface area contributed by atoms with Gasteiger partial charge in [0.25, 0.3) is 0 Å². The predicted octanol–water partition coefficient (Wildman–Crippen LogP) is 2.34. The maximum absolute atomic E-state index is 14.0. The van der Waals surface area contributed by atoms with Crippen LogP contribution in [0.1, 0.15) is 21.7 Å². The van der Waals surface area contributed by atoms with Crippen molar-refractivity contribution in [3.63, 3.8) is 0 Å². The summed E-state index contributed by atoms with van der Waals surface area (Å²) in [6, 6.07) is 2.25. The van der Waals surface area contributed by atoms with Crippen LogP contribution in [0.2, 0.25) is 0 Å². The highest BCUT2D eigenvalue weighted by Gasteiger charge is 2.18. The third-order valence-electron chi connectivity index (χ3n) is 3.16. The second-order valence-electron chi connectivity index (χ2n) is 4.59. The molecule has 1 aromatic carbocycles. The molecule has 0 fully saturated rings. The first-order valence-electron chi connectivity index (χ1n) is 6.20. The first-order valence-corrected chi connectivity index (χ1v) is 6.20. The summed E-state index contributed by atoms with van der Waals surface area (Å²) >= 11 is 0. The Bertz CT molecular complexity index is 710. The molecule has 0 amide bonds. The highest BCUT2D eigenvalue weighted by atomic mass is 19.1. The number of hydrogen-bond acceptors (Lipinski definition) is 5. The number of carbonyl (C=O) groups excluding carboxylic acids is 1. The van der Waals surface area contributed by atoms with Gasteiger partial charge in [-0.1, -0.05) is 0 Å². The number of nitrogen functional groups attached to an aromatic ring is 1. The van der Waals surface area contributed by atoms with E-state index in [1.165, 1.54) is 13.2 Å². The van der Waals surface area contributed by atoms with Crippen LogP contribution in [0, 0.1) is 19.7 Å². The fraction of sp³-hybridized carbons (Fsp3) is 0.286. The van der Waals surface area contributed by atoms with Crippen LogP contribution in [0.5, 0.6) is 11.5 Å². The van der Waals surface area contributed by atoms with Gasteiger partial charge in [-0.3, -0.25) is 4.68 Å². The van der Waals surface area contributed by atoms with Crippen molar-refractivity contribution < 1.29 is 18.7 Å². The Labute approximate surface area is 121 Å². The van der Waals surface area contributed by atoms with Crippen LogP contribution in [0.4, 0.5) is 10.1 Å². The van der Waals surface area contributed by atoms with Gasteiger partial charge in [0.1, 0.15) is 5.69 Å². The van der Waals surface area contributed by atoms with Crippen LogP contribution >= 0.6 is 0 Å². The van der Waals surface area contributed by atoms with Gasteiger partial charge < -0.3 is 15.2 Å². The van der Waals surface area contributed by atoms with E-state index in [9.17, 15) is 9.18 Å². The number of aryl methyl sites for hydroxylation is 2. The van der Waals surface area contributed by atoms with Gasteiger partial charge in [0.2, 0.25) is 0 Å². The van der Waals surface area contributed by atoms with E-state index in [1.54, 1.807) is 25.6 Å². The zero-order valence-electron chi connectivity index (χ0n) is 12.2. The third-order valence-corrected chi connectivity index (χ3v) is 3.16. The summed E-state index contributed by atoms with van der Waals surface area (Å²) in [5.74, 6) is -0.986. The molecular formula is C14H16FN3O3. The van der Waals surface area contributed by atoms with Crippen LogP contribution in [0.25, 0.3) is 0 Å². The lowest BCUT2D eigenvalue weighted by Gasteiger charge is -2.10. The Kier molecular flexibility index (Phi) is 3.84. The Morgan fingerprint density at radius 1 is 1.38 bits per heavy atom. The number of hydrogen-bond donors (Lipinski definition) is 1. The number of rotatable bonds is 3.